The number of carbonyl (C=O) groups is 4. The molecular weight excluding hydrogens is 992 g/mol. The van der Waals surface area contributed by atoms with E-state index in [-0.39, 0.29) is 58.3 Å². The van der Waals surface area contributed by atoms with Gasteiger partial charge in [-0.1, -0.05) is 68.8 Å². The maximum Gasteiger partial charge on any atom is 0.329 e. The van der Waals surface area contributed by atoms with Crippen molar-refractivity contribution in [3.05, 3.63) is 105 Å². The average Bonchev–Trinajstić information content (AvgIpc) is 4.17. The maximum absolute atomic E-state index is 13.9. The standard InChI is InChI=1S/C53H67ClN8O13/c1-32-34(3)75-51-45(32)46(37-12-14-39(54)15-13-37)57-41(49-60-59-35(4)62(49)51)27-43(64)55-16-17-68-18-19-69-20-21-70-22-23-71-24-25-72-30-44(65)58-48(53(5,6)7)50(66)61-28-40(63)26-42(61)52(67)73-29-36-8-10-38(11-9-36)47-33(2)56-31-74-47/h8-15,31,40-42,48,63H,16-30H2,1-7H3,(H,55,64)(H,58,65)/t40-,41?,42+,48?/m1/s1. The smallest absolute Gasteiger partial charge is 0.329 e. The number of oxazole rings is 1. The van der Waals surface area contributed by atoms with Crippen molar-refractivity contribution in [2.45, 2.75) is 92.1 Å². The number of β-amino-alcohol motifs (C(OH)–C–C–N with tert-alkyl or cyclic N) is 1. The molecule has 3 amide bonds. The zero-order valence-corrected chi connectivity index (χ0v) is 44.3. The summed E-state index contributed by atoms with van der Waals surface area (Å²) in [6.07, 6.45) is 0.491. The number of esters is 1. The lowest BCUT2D eigenvalue weighted by Gasteiger charge is -2.35. The Morgan fingerprint density at radius 2 is 1.45 bits per heavy atom. The molecule has 404 valence electrons. The predicted molar refractivity (Wildman–Crippen MR) is 273 cm³/mol. The van der Waals surface area contributed by atoms with Gasteiger partial charge in [0.25, 0.3) is 0 Å². The van der Waals surface area contributed by atoms with E-state index in [9.17, 15) is 24.3 Å². The van der Waals surface area contributed by atoms with Crippen molar-refractivity contribution in [3.8, 4) is 17.2 Å². The molecule has 2 aromatic carbocycles. The summed E-state index contributed by atoms with van der Waals surface area (Å²) in [4.78, 5) is 63.8. The molecular formula is C53H67ClN8O13. The van der Waals surface area contributed by atoms with Crippen molar-refractivity contribution in [3.63, 3.8) is 0 Å². The highest BCUT2D eigenvalue weighted by atomic mass is 35.5. The molecule has 22 heteroatoms. The summed E-state index contributed by atoms with van der Waals surface area (Å²) in [6, 6.07) is 12.0. The molecule has 1 saturated heterocycles. The number of hydrogen-bond acceptors (Lipinski definition) is 17. The van der Waals surface area contributed by atoms with E-state index in [1.165, 1.54) is 11.3 Å². The fraction of sp³-hybridized carbons (Fsp3) is 0.509. The highest BCUT2D eigenvalue weighted by Gasteiger charge is 2.45. The van der Waals surface area contributed by atoms with Gasteiger partial charge in [0.2, 0.25) is 23.6 Å². The summed E-state index contributed by atoms with van der Waals surface area (Å²) in [5.41, 5.74) is 4.85. The topological polar surface area (TPSA) is 253 Å². The van der Waals surface area contributed by atoms with E-state index in [4.69, 9.17) is 53.8 Å². The minimum Gasteiger partial charge on any atom is -0.459 e. The number of benzene rings is 2. The predicted octanol–water partition coefficient (Wildman–Crippen LogP) is 5.12. The number of amides is 3. The Kier molecular flexibility index (Phi) is 19.9. The Morgan fingerprint density at radius 3 is 2.08 bits per heavy atom. The molecule has 0 bridgehead atoms. The van der Waals surface area contributed by atoms with Crippen molar-refractivity contribution in [2.24, 2.45) is 10.4 Å². The quantitative estimate of drug-likeness (QED) is 0.0480. The maximum atomic E-state index is 13.9. The number of hydrogen-bond donors (Lipinski definition) is 3. The fourth-order valence-electron chi connectivity index (χ4n) is 8.57. The Bertz CT molecular complexity index is 2750. The van der Waals surface area contributed by atoms with Gasteiger partial charge in [-0.15, -0.1) is 10.2 Å². The number of likely N-dealkylation sites (tertiary alicyclic amines) is 1. The lowest BCUT2D eigenvalue weighted by atomic mass is 9.85. The molecule has 0 spiro atoms. The monoisotopic (exact) mass is 1060 g/mol. The van der Waals surface area contributed by atoms with Gasteiger partial charge < -0.3 is 57.9 Å². The van der Waals surface area contributed by atoms with Crippen LogP contribution in [0.2, 0.25) is 5.02 Å². The molecule has 0 radical (unpaired) electrons. The van der Waals surface area contributed by atoms with E-state index in [2.05, 4.69) is 25.8 Å². The third-order valence-electron chi connectivity index (χ3n) is 12.6. The third-order valence-corrected chi connectivity index (χ3v) is 12.9. The van der Waals surface area contributed by atoms with E-state index >= 15 is 0 Å². The van der Waals surface area contributed by atoms with Crippen LogP contribution in [0.25, 0.3) is 17.2 Å². The summed E-state index contributed by atoms with van der Waals surface area (Å²) in [5.74, 6) is 1.20. The van der Waals surface area contributed by atoms with Crippen LogP contribution in [0.5, 0.6) is 0 Å². The number of ether oxygens (including phenoxy) is 6. The minimum absolute atomic E-state index is 0.0128. The Morgan fingerprint density at radius 1 is 0.827 bits per heavy atom. The zero-order chi connectivity index (χ0) is 53.6. The first kappa shape index (κ1) is 56.4. The van der Waals surface area contributed by atoms with Crippen LogP contribution >= 0.6 is 11.6 Å². The number of aromatic nitrogens is 4. The van der Waals surface area contributed by atoms with E-state index in [1.54, 1.807) is 32.9 Å². The van der Waals surface area contributed by atoms with Crippen molar-refractivity contribution >= 4 is 41.0 Å². The fourth-order valence-corrected chi connectivity index (χ4v) is 8.69. The minimum atomic E-state index is -1.02. The van der Waals surface area contributed by atoms with Crippen LogP contribution in [0, 0.1) is 33.1 Å². The van der Waals surface area contributed by atoms with Crippen LogP contribution in [0.3, 0.4) is 0 Å². The number of aliphatic hydroxyl groups is 1. The second kappa shape index (κ2) is 26.4. The highest BCUT2D eigenvalue weighted by molar-refractivity contribution is 6.30. The Labute approximate surface area is 440 Å². The van der Waals surface area contributed by atoms with Gasteiger partial charge in [-0.05, 0) is 50.8 Å². The average molecular weight is 1060 g/mol. The van der Waals surface area contributed by atoms with Crippen molar-refractivity contribution in [1.82, 2.24) is 35.3 Å². The lowest BCUT2D eigenvalue weighted by Crippen LogP contribution is -2.57. The van der Waals surface area contributed by atoms with Gasteiger partial charge in [-0.25, -0.2) is 14.3 Å². The number of carbonyl (C=O) groups excluding carboxylic acids is 4. The summed E-state index contributed by atoms with van der Waals surface area (Å²) < 4.78 is 47.0. The van der Waals surface area contributed by atoms with E-state index in [1.807, 2.05) is 68.7 Å². The van der Waals surface area contributed by atoms with Crippen LogP contribution < -0.4 is 10.6 Å². The molecule has 3 N–H and O–H groups in total. The largest absolute Gasteiger partial charge is 0.459 e. The van der Waals surface area contributed by atoms with Crippen molar-refractivity contribution < 1.29 is 61.5 Å². The number of rotatable bonds is 26. The molecule has 2 aliphatic heterocycles. The molecule has 2 unspecified atom stereocenters. The van der Waals surface area contributed by atoms with Gasteiger partial charge in [0.15, 0.2) is 18.0 Å². The van der Waals surface area contributed by atoms with Gasteiger partial charge >= 0.3 is 5.97 Å². The highest BCUT2D eigenvalue weighted by Crippen LogP contribution is 2.37. The normalized spacial score (nSPS) is 16.7. The molecule has 4 atom stereocenters. The second-order valence-corrected chi connectivity index (χ2v) is 19.7. The number of aliphatic hydroxyl groups excluding tert-OH is 1. The SMILES string of the molecule is Cc1ncoc1-c1ccc(COC(=O)[C@@H]2C[C@@H](O)CN2C(=O)C(NC(=O)COCCOCCOCCOCCOCCNC(=O)CC2N=C(c3ccc(Cl)cc3)c3c(oc(C)c3C)-n3c(C)nnc32)C(C)(C)C)cc1. The van der Waals surface area contributed by atoms with E-state index < -0.39 is 47.4 Å². The zero-order valence-electron chi connectivity index (χ0n) is 43.5. The molecule has 21 nitrogen and oxygen atoms in total. The first-order valence-electron chi connectivity index (χ1n) is 25.0. The number of nitrogens with zero attached hydrogens (tertiary/aromatic N) is 6. The number of nitrogens with one attached hydrogen (secondary N) is 2. The van der Waals surface area contributed by atoms with E-state index in [0.717, 1.165) is 39.3 Å². The number of fused-ring (bicyclic) bond motifs is 3. The van der Waals surface area contributed by atoms with Gasteiger partial charge in [0, 0.05) is 41.2 Å². The third kappa shape index (κ3) is 15.0. The van der Waals surface area contributed by atoms with Gasteiger partial charge in [-0.2, -0.15) is 0 Å². The lowest BCUT2D eigenvalue weighted by molar-refractivity contribution is -0.156. The van der Waals surface area contributed by atoms with Crippen LogP contribution in [0.4, 0.5) is 0 Å². The summed E-state index contributed by atoms with van der Waals surface area (Å²) in [5, 5.41) is 25.5. The summed E-state index contributed by atoms with van der Waals surface area (Å²) >= 11 is 6.21. The number of aliphatic imine (C=N–C) groups is 1. The molecule has 0 aliphatic carbocycles. The summed E-state index contributed by atoms with van der Waals surface area (Å²) in [6.45, 7) is 15.4. The molecule has 5 aromatic rings. The molecule has 1 fully saturated rings. The van der Waals surface area contributed by atoms with Gasteiger partial charge in [-0.3, -0.25) is 19.4 Å². The molecule has 2 aliphatic rings. The number of furan rings is 1. The van der Waals surface area contributed by atoms with Crippen LogP contribution in [0.15, 0.2) is 68.8 Å². The number of halogens is 1. The van der Waals surface area contributed by atoms with Gasteiger partial charge in [0.1, 0.15) is 42.9 Å². The first-order valence-corrected chi connectivity index (χ1v) is 25.3. The Balaban J connectivity index is 0.716. The second-order valence-electron chi connectivity index (χ2n) is 19.3. The summed E-state index contributed by atoms with van der Waals surface area (Å²) in [7, 11) is 0. The molecule has 3 aromatic heterocycles. The van der Waals surface area contributed by atoms with Crippen molar-refractivity contribution in [2.75, 3.05) is 79.2 Å². The Hall–Kier alpha value is -6.33. The van der Waals surface area contributed by atoms with Crippen LogP contribution in [-0.4, -0.2) is 157 Å². The van der Waals surface area contributed by atoms with Crippen molar-refractivity contribution in [1.29, 1.82) is 0 Å². The van der Waals surface area contributed by atoms with Gasteiger partial charge in [0.05, 0.1) is 89.0 Å². The molecule has 75 heavy (non-hydrogen) atoms. The van der Waals surface area contributed by atoms with Crippen LogP contribution in [0.1, 0.15) is 85.0 Å². The van der Waals surface area contributed by atoms with E-state index in [0.29, 0.717) is 80.2 Å². The number of aryl methyl sites for hydroxylation is 3. The first-order chi connectivity index (χ1) is 36.0. The molecule has 0 saturated carbocycles. The van der Waals surface area contributed by atoms with Crippen LogP contribution in [-0.2, 0) is 54.2 Å². The molecule has 5 heterocycles. The molecule has 7 rings (SSSR count).